The van der Waals surface area contributed by atoms with Crippen molar-refractivity contribution in [3.8, 4) is 0 Å². The van der Waals surface area contributed by atoms with Gasteiger partial charge in [-0.15, -0.1) is 0 Å². The van der Waals surface area contributed by atoms with Gasteiger partial charge in [-0.3, -0.25) is 9.59 Å². The molecular formula is C24H30N4O2. The molecule has 0 aliphatic heterocycles. The number of para-hydroxylation sites is 1. The van der Waals surface area contributed by atoms with Crippen LogP contribution < -0.4 is 16.8 Å². The average Bonchev–Trinajstić information content (AvgIpc) is 3.11. The Morgan fingerprint density at radius 3 is 2.57 bits per heavy atom. The first-order valence-electron chi connectivity index (χ1n) is 10.4. The molecule has 0 radical (unpaired) electrons. The number of nitrogens with two attached hydrogens (primary N) is 2. The van der Waals surface area contributed by atoms with Crippen LogP contribution in [-0.2, 0) is 13.0 Å². The Bertz CT molecular complexity index is 1010. The van der Waals surface area contributed by atoms with Crippen LogP contribution in [0.5, 0.6) is 0 Å². The molecule has 5 N–H and O–H groups in total. The highest BCUT2D eigenvalue weighted by Crippen LogP contribution is 2.34. The maximum atomic E-state index is 13.3. The second-order valence-corrected chi connectivity index (χ2v) is 7.38. The molecular weight excluding hydrogens is 376 g/mol. The predicted octanol–water partition coefficient (Wildman–Crippen LogP) is 2.37. The Kier molecular flexibility index (Phi) is 7.52. The number of fused-ring (bicyclic) bond motifs is 3. The van der Waals surface area contributed by atoms with Gasteiger partial charge in [-0.05, 0) is 31.5 Å². The molecule has 0 amide bonds. The number of hydrogen-bond acceptors (Lipinski definition) is 5. The summed E-state index contributed by atoms with van der Waals surface area (Å²) < 4.78 is 2.27. The van der Waals surface area contributed by atoms with Crippen LogP contribution in [0.25, 0.3) is 10.9 Å². The summed E-state index contributed by atoms with van der Waals surface area (Å²) in [6.07, 6.45) is 2.59. The van der Waals surface area contributed by atoms with Gasteiger partial charge in [0.1, 0.15) is 6.29 Å². The number of hydrogen-bond donors (Lipinski definition) is 3. The van der Waals surface area contributed by atoms with E-state index in [4.69, 9.17) is 5.73 Å². The van der Waals surface area contributed by atoms with Gasteiger partial charge >= 0.3 is 0 Å². The van der Waals surface area contributed by atoms with Gasteiger partial charge in [0.2, 0.25) is 0 Å². The van der Waals surface area contributed by atoms with Crippen molar-refractivity contribution in [1.29, 1.82) is 0 Å². The molecule has 0 bridgehead atoms. The highest BCUT2D eigenvalue weighted by molar-refractivity contribution is 6.11. The highest BCUT2D eigenvalue weighted by atomic mass is 16.1. The summed E-state index contributed by atoms with van der Waals surface area (Å²) in [6.45, 7) is 2.68. The minimum absolute atomic E-state index is 0.00480. The summed E-state index contributed by atoms with van der Waals surface area (Å²) in [5, 5.41) is 4.33. The van der Waals surface area contributed by atoms with E-state index in [2.05, 4.69) is 21.7 Å². The zero-order valence-corrected chi connectivity index (χ0v) is 17.4. The van der Waals surface area contributed by atoms with Crippen molar-refractivity contribution >= 4 is 23.0 Å². The Balaban J connectivity index is 0.00000124. The molecule has 1 aromatic heterocycles. The fourth-order valence-corrected chi connectivity index (χ4v) is 4.18. The van der Waals surface area contributed by atoms with Crippen molar-refractivity contribution in [1.82, 2.24) is 9.88 Å². The SMILES string of the molecule is CN.NCCNCC1CCc2c(c3ccccc3n2Cc2ccc(C=O)cc2)C1=O. The lowest BCUT2D eigenvalue weighted by Gasteiger charge is -2.23. The summed E-state index contributed by atoms with van der Waals surface area (Å²) in [5.41, 5.74) is 14.9. The van der Waals surface area contributed by atoms with Gasteiger partial charge in [0.05, 0.1) is 0 Å². The van der Waals surface area contributed by atoms with E-state index in [0.29, 0.717) is 25.2 Å². The summed E-state index contributed by atoms with van der Waals surface area (Å²) >= 11 is 0. The van der Waals surface area contributed by atoms with Crippen molar-refractivity contribution in [3.05, 3.63) is 70.9 Å². The van der Waals surface area contributed by atoms with E-state index < -0.39 is 0 Å². The number of Topliss-reactive ketones (excluding diaryl/α,β-unsaturated/α-hetero) is 1. The van der Waals surface area contributed by atoms with E-state index in [1.54, 1.807) is 0 Å². The number of ketones is 1. The maximum absolute atomic E-state index is 13.3. The lowest BCUT2D eigenvalue weighted by Crippen LogP contribution is -2.34. The largest absolute Gasteiger partial charge is 0.339 e. The van der Waals surface area contributed by atoms with Crippen molar-refractivity contribution < 1.29 is 9.59 Å². The number of carbonyl (C=O) groups excluding carboxylic acids is 2. The zero-order chi connectivity index (χ0) is 21.5. The Morgan fingerprint density at radius 1 is 1.13 bits per heavy atom. The number of aromatic nitrogens is 1. The summed E-state index contributed by atoms with van der Waals surface area (Å²) in [6, 6.07) is 15.8. The van der Waals surface area contributed by atoms with Crippen molar-refractivity contribution in [2.75, 3.05) is 26.7 Å². The van der Waals surface area contributed by atoms with Gasteiger partial charge in [0.25, 0.3) is 0 Å². The molecule has 1 atom stereocenters. The monoisotopic (exact) mass is 406 g/mol. The minimum Gasteiger partial charge on any atom is -0.339 e. The predicted molar refractivity (Wildman–Crippen MR) is 121 cm³/mol. The summed E-state index contributed by atoms with van der Waals surface area (Å²) in [7, 11) is 1.50. The average molecular weight is 407 g/mol. The third-order valence-corrected chi connectivity index (χ3v) is 5.59. The molecule has 6 heteroatoms. The molecule has 2 aromatic carbocycles. The molecule has 1 heterocycles. The van der Waals surface area contributed by atoms with E-state index in [9.17, 15) is 9.59 Å². The second kappa shape index (κ2) is 10.3. The normalized spacial score (nSPS) is 15.4. The van der Waals surface area contributed by atoms with Gasteiger partial charge in [-0.1, -0.05) is 42.5 Å². The van der Waals surface area contributed by atoms with E-state index >= 15 is 0 Å². The lowest BCUT2D eigenvalue weighted by molar-refractivity contribution is 0.0901. The van der Waals surface area contributed by atoms with Crippen LogP contribution in [0.3, 0.4) is 0 Å². The molecule has 1 unspecified atom stereocenters. The van der Waals surface area contributed by atoms with Gasteiger partial charge in [0, 0.05) is 59.8 Å². The van der Waals surface area contributed by atoms with Crippen LogP contribution in [0.2, 0.25) is 0 Å². The quantitative estimate of drug-likeness (QED) is 0.413. The smallest absolute Gasteiger partial charge is 0.169 e. The van der Waals surface area contributed by atoms with Crippen LogP contribution in [0, 0.1) is 5.92 Å². The molecule has 1 aliphatic rings. The molecule has 3 aromatic rings. The number of nitrogens with one attached hydrogen (secondary N) is 1. The molecule has 1 aliphatic carbocycles. The lowest BCUT2D eigenvalue weighted by atomic mass is 9.85. The van der Waals surface area contributed by atoms with E-state index in [1.807, 2.05) is 42.5 Å². The Morgan fingerprint density at radius 2 is 1.87 bits per heavy atom. The van der Waals surface area contributed by atoms with Crippen LogP contribution in [0.1, 0.15) is 38.4 Å². The van der Waals surface area contributed by atoms with Crippen molar-refractivity contribution in [2.45, 2.75) is 19.4 Å². The fraction of sp³-hybridized carbons (Fsp3) is 0.333. The molecule has 158 valence electrons. The number of nitrogens with zero attached hydrogens (tertiary/aromatic N) is 1. The maximum Gasteiger partial charge on any atom is 0.169 e. The van der Waals surface area contributed by atoms with E-state index in [-0.39, 0.29) is 11.7 Å². The first-order chi connectivity index (χ1) is 14.7. The van der Waals surface area contributed by atoms with Gasteiger partial charge < -0.3 is 21.4 Å². The number of benzene rings is 2. The molecule has 6 nitrogen and oxygen atoms in total. The first-order valence-corrected chi connectivity index (χ1v) is 10.4. The summed E-state index contributed by atoms with van der Waals surface area (Å²) in [4.78, 5) is 24.2. The van der Waals surface area contributed by atoms with Crippen molar-refractivity contribution in [3.63, 3.8) is 0 Å². The first kappa shape index (κ1) is 21.9. The third-order valence-electron chi connectivity index (χ3n) is 5.59. The van der Waals surface area contributed by atoms with E-state index in [1.165, 1.54) is 7.05 Å². The molecule has 0 saturated carbocycles. The molecule has 0 spiro atoms. The van der Waals surface area contributed by atoms with E-state index in [0.717, 1.165) is 53.4 Å². The molecule has 30 heavy (non-hydrogen) atoms. The minimum atomic E-state index is 0.00480. The number of carbonyl (C=O) groups is 2. The highest BCUT2D eigenvalue weighted by Gasteiger charge is 2.32. The van der Waals surface area contributed by atoms with Gasteiger partial charge in [-0.2, -0.15) is 0 Å². The Labute approximate surface area is 177 Å². The molecule has 0 saturated heterocycles. The van der Waals surface area contributed by atoms with Gasteiger partial charge in [-0.25, -0.2) is 0 Å². The third kappa shape index (κ3) is 4.36. The zero-order valence-electron chi connectivity index (χ0n) is 17.4. The standard InChI is InChI=1S/C23H25N3O2.CH5N/c24-11-12-25-13-18-9-10-21-22(23(18)28)19-3-1-2-4-20(19)26(21)14-16-5-7-17(15-27)8-6-16;1-2/h1-8,15,18,25H,9-14,24H2;2H2,1H3. The topological polar surface area (TPSA) is 103 Å². The summed E-state index contributed by atoms with van der Waals surface area (Å²) in [5.74, 6) is 0.238. The van der Waals surface area contributed by atoms with Crippen LogP contribution in [0.15, 0.2) is 48.5 Å². The van der Waals surface area contributed by atoms with Crippen molar-refractivity contribution in [2.24, 2.45) is 17.4 Å². The van der Waals surface area contributed by atoms with Gasteiger partial charge in [0.15, 0.2) is 5.78 Å². The molecule has 4 rings (SSSR count). The second-order valence-electron chi connectivity index (χ2n) is 7.38. The fourth-order valence-electron chi connectivity index (χ4n) is 4.18. The molecule has 0 fully saturated rings. The number of aldehydes is 1. The van der Waals surface area contributed by atoms with Crippen LogP contribution in [-0.4, -0.2) is 43.3 Å². The number of rotatable bonds is 7. The van der Waals surface area contributed by atoms with Crippen LogP contribution in [0.4, 0.5) is 0 Å². The van der Waals surface area contributed by atoms with Crippen LogP contribution >= 0.6 is 0 Å². The Hall–Kier alpha value is -2.80.